The molecule has 29 heavy (non-hydrogen) atoms. The number of benzene rings is 1. The Morgan fingerprint density at radius 3 is 2.45 bits per heavy atom. The second-order valence-electron chi connectivity index (χ2n) is 6.40. The number of methoxy groups -OCH3 is 1. The monoisotopic (exact) mass is 420 g/mol. The molecule has 0 saturated carbocycles. The number of nitrogens with two attached hydrogens (primary N) is 1. The molecule has 0 radical (unpaired) electrons. The van der Waals surface area contributed by atoms with Crippen molar-refractivity contribution in [1.29, 1.82) is 0 Å². The Hall–Kier alpha value is -2.65. The molecule has 1 amide bonds. The molecule has 0 saturated heterocycles. The summed E-state index contributed by atoms with van der Waals surface area (Å²) in [5.41, 5.74) is 5.93. The van der Waals surface area contributed by atoms with E-state index in [2.05, 4.69) is 23.7 Å². The lowest BCUT2D eigenvalue weighted by atomic mass is 10.2. The maximum absolute atomic E-state index is 13.4. The standard InChI is InChI=1S/C20H28N4O4S/c1-4-23(5-2)12-7-13-24(16-8-6-11-22-15-16)29(26,27)17-9-10-18(20(21)25)19(14-17)28-3/h6,8-11,14-15H,4-5,7,12-13H2,1-3H3,(H2,21,25). The van der Waals surface area contributed by atoms with Gasteiger partial charge in [0.1, 0.15) is 5.75 Å². The van der Waals surface area contributed by atoms with E-state index in [9.17, 15) is 13.2 Å². The van der Waals surface area contributed by atoms with Crippen molar-refractivity contribution in [3.8, 4) is 5.75 Å². The average Bonchev–Trinajstić information content (AvgIpc) is 2.73. The van der Waals surface area contributed by atoms with Crippen LogP contribution in [0.1, 0.15) is 30.6 Å². The predicted molar refractivity (Wildman–Crippen MR) is 113 cm³/mol. The molecule has 0 bridgehead atoms. The topological polar surface area (TPSA) is 106 Å². The van der Waals surface area contributed by atoms with E-state index in [0.29, 0.717) is 18.7 Å². The van der Waals surface area contributed by atoms with Crippen LogP contribution < -0.4 is 14.8 Å². The summed E-state index contributed by atoms with van der Waals surface area (Å²) < 4.78 is 33.3. The quantitative estimate of drug-likeness (QED) is 0.597. The first-order valence-corrected chi connectivity index (χ1v) is 10.9. The van der Waals surface area contributed by atoms with E-state index in [1.807, 2.05) is 0 Å². The van der Waals surface area contributed by atoms with Crippen LogP contribution in [-0.4, -0.2) is 57.5 Å². The molecule has 0 unspecified atom stereocenters. The zero-order valence-electron chi connectivity index (χ0n) is 17.0. The van der Waals surface area contributed by atoms with Gasteiger partial charge in [-0.15, -0.1) is 0 Å². The number of carbonyl (C=O) groups is 1. The van der Waals surface area contributed by atoms with Gasteiger partial charge in [0, 0.05) is 18.8 Å². The normalized spacial score (nSPS) is 11.4. The number of sulfonamides is 1. The molecule has 0 atom stereocenters. The van der Waals surface area contributed by atoms with Gasteiger partial charge in [-0.25, -0.2) is 8.42 Å². The number of amides is 1. The SMILES string of the molecule is CCN(CC)CCCN(c1cccnc1)S(=O)(=O)c1ccc(C(N)=O)c(OC)c1. The second kappa shape index (κ2) is 10.2. The Bertz CT molecular complexity index is 915. The first-order chi connectivity index (χ1) is 13.8. The molecule has 8 nitrogen and oxygen atoms in total. The van der Waals surface area contributed by atoms with Crippen molar-refractivity contribution in [2.24, 2.45) is 5.73 Å². The molecular weight excluding hydrogens is 392 g/mol. The van der Waals surface area contributed by atoms with Crippen LogP contribution >= 0.6 is 0 Å². The van der Waals surface area contributed by atoms with E-state index >= 15 is 0 Å². The second-order valence-corrected chi connectivity index (χ2v) is 8.26. The van der Waals surface area contributed by atoms with E-state index in [-0.39, 0.29) is 16.2 Å². The van der Waals surface area contributed by atoms with Gasteiger partial charge in [0.2, 0.25) is 0 Å². The van der Waals surface area contributed by atoms with Crippen LogP contribution in [0.2, 0.25) is 0 Å². The Morgan fingerprint density at radius 2 is 1.90 bits per heavy atom. The van der Waals surface area contributed by atoms with Gasteiger partial charge < -0.3 is 15.4 Å². The number of primary amides is 1. The van der Waals surface area contributed by atoms with Gasteiger partial charge in [-0.1, -0.05) is 13.8 Å². The zero-order valence-corrected chi connectivity index (χ0v) is 17.9. The van der Waals surface area contributed by atoms with Gasteiger partial charge in [-0.3, -0.25) is 14.1 Å². The van der Waals surface area contributed by atoms with Crippen molar-refractivity contribution < 1.29 is 17.9 Å². The minimum Gasteiger partial charge on any atom is -0.496 e. The molecule has 1 heterocycles. The molecular formula is C20H28N4O4S. The van der Waals surface area contributed by atoms with Gasteiger partial charge in [-0.2, -0.15) is 0 Å². The largest absolute Gasteiger partial charge is 0.496 e. The smallest absolute Gasteiger partial charge is 0.264 e. The molecule has 0 aliphatic carbocycles. The highest BCUT2D eigenvalue weighted by molar-refractivity contribution is 7.92. The summed E-state index contributed by atoms with van der Waals surface area (Å²) in [4.78, 5) is 17.8. The lowest BCUT2D eigenvalue weighted by Crippen LogP contribution is -2.34. The van der Waals surface area contributed by atoms with E-state index in [1.54, 1.807) is 18.3 Å². The third kappa shape index (κ3) is 5.45. The molecule has 2 aromatic rings. The van der Waals surface area contributed by atoms with Crippen LogP contribution in [0, 0.1) is 0 Å². The summed E-state index contributed by atoms with van der Waals surface area (Å²) in [5.74, 6) is -0.568. The summed E-state index contributed by atoms with van der Waals surface area (Å²) in [5, 5.41) is 0. The third-order valence-electron chi connectivity index (χ3n) is 4.69. The number of anilines is 1. The predicted octanol–water partition coefficient (Wildman–Crippen LogP) is 2.12. The Morgan fingerprint density at radius 1 is 1.17 bits per heavy atom. The van der Waals surface area contributed by atoms with Crippen molar-refractivity contribution in [3.05, 3.63) is 48.3 Å². The van der Waals surface area contributed by atoms with Gasteiger partial charge in [-0.05, 0) is 50.3 Å². The summed E-state index contributed by atoms with van der Waals surface area (Å²) in [6, 6.07) is 7.45. The third-order valence-corrected chi connectivity index (χ3v) is 6.51. The number of hydrogen-bond acceptors (Lipinski definition) is 6. The molecule has 1 aromatic heterocycles. The molecule has 9 heteroatoms. The van der Waals surface area contributed by atoms with Crippen LogP contribution in [0.3, 0.4) is 0 Å². The number of rotatable bonds is 11. The van der Waals surface area contributed by atoms with Crippen molar-refractivity contribution >= 4 is 21.6 Å². The molecule has 0 aliphatic rings. The van der Waals surface area contributed by atoms with Crippen molar-refractivity contribution in [2.45, 2.75) is 25.2 Å². The fourth-order valence-electron chi connectivity index (χ4n) is 3.03. The maximum atomic E-state index is 13.4. The number of hydrogen-bond donors (Lipinski definition) is 1. The van der Waals surface area contributed by atoms with E-state index < -0.39 is 15.9 Å². The summed E-state index contributed by atoms with van der Waals surface area (Å²) in [6.45, 7) is 7.04. The molecule has 158 valence electrons. The summed E-state index contributed by atoms with van der Waals surface area (Å²) in [7, 11) is -2.54. The van der Waals surface area contributed by atoms with E-state index in [1.165, 1.54) is 35.8 Å². The number of ether oxygens (including phenoxy) is 1. The fraction of sp³-hybridized carbons (Fsp3) is 0.400. The van der Waals surface area contributed by atoms with Crippen molar-refractivity contribution in [2.75, 3.05) is 37.6 Å². The molecule has 0 spiro atoms. The van der Waals surface area contributed by atoms with Gasteiger partial charge in [0.25, 0.3) is 15.9 Å². The lowest BCUT2D eigenvalue weighted by molar-refractivity contribution is 0.0997. The average molecular weight is 421 g/mol. The minimum atomic E-state index is -3.90. The molecule has 0 fully saturated rings. The summed E-state index contributed by atoms with van der Waals surface area (Å²) >= 11 is 0. The van der Waals surface area contributed by atoms with Crippen LogP contribution in [0.5, 0.6) is 5.75 Å². The molecule has 0 aliphatic heterocycles. The maximum Gasteiger partial charge on any atom is 0.264 e. The Balaban J connectivity index is 2.39. The number of pyridine rings is 1. The number of nitrogens with zero attached hydrogens (tertiary/aromatic N) is 3. The zero-order chi connectivity index (χ0) is 21.4. The lowest BCUT2D eigenvalue weighted by Gasteiger charge is -2.26. The van der Waals surface area contributed by atoms with Crippen LogP contribution in [-0.2, 0) is 10.0 Å². The molecule has 2 N–H and O–H groups in total. The van der Waals surface area contributed by atoms with Crippen LogP contribution in [0.25, 0.3) is 0 Å². The first-order valence-electron chi connectivity index (χ1n) is 9.48. The minimum absolute atomic E-state index is 0.0195. The number of aromatic nitrogens is 1. The van der Waals surface area contributed by atoms with Crippen LogP contribution in [0.4, 0.5) is 5.69 Å². The summed E-state index contributed by atoms with van der Waals surface area (Å²) in [6.07, 6.45) is 3.77. The van der Waals surface area contributed by atoms with E-state index in [4.69, 9.17) is 10.5 Å². The van der Waals surface area contributed by atoms with Gasteiger partial charge in [0.15, 0.2) is 0 Å². The highest BCUT2D eigenvalue weighted by atomic mass is 32.2. The number of carbonyl (C=O) groups excluding carboxylic acids is 1. The van der Waals surface area contributed by atoms with Gasteiger partial charge >= 0.3 is 0 Å². The first kappa shape index (κ1) is 22.6. The van der Waals surface area contributed by atoms with E-state index in [0.717, 1.165) is 19.6 Å². The fourth-order valence-corrected chi connectivity index (χ4v) is 4.54. The van der Waals surface area contributed by atoms with Gasteiger partial charge in [0.05, 0.1) is 29.5 Å². The van der Waals surface area contributed by atoms with Crippen LogP contribution in [0.15, 0.2) is 47.6 Å². The molecule has 1 aromatic carbocycles. The highest BCUT2D eigenvalue weighted by Gasteiger charge is 2.26. The Kier molecular flexibility index (Phi) is 7.98. The van der Waals surface area contributed by atoms with Crippen molar-refractivity contribution in [3.63, 3.8) is 0 Å². The van der Waals surface area contributed by atoms with Crippen molar-refractivity contribution in [1.82, 2.24) is 9.88 Å². The highest BCUT2D eigenvalue weighted by Crippen LogP contribution is 2.28. The molecule has 2 rings (SSSR count). The Labute approximate surface area is 172 Å².